The van der Waals surface area contributed by atoms with Gasteiger partial charge in [-0.3, -0.25) is 4.79 Å². The third-order valence-electron chi connectivity index (χ3n) is 6.03. The highest BCUT2D eigenvalue weighted by molar-refractivity contribution is 6.07. The molecule has 0 bridgehead atoms. The van der Waals surface area contributed by atoms with Crippen molar-refractivity contribution in [2.75, 3.05) is 17.2 Å². The van der Waals surface area contributed by atoms with E-state index in [1.807, 2.05) is 5.32 Å². The summed E-state index contributed by atoms with van der Waals surface area (Å²) in [5, 5.41) is 5.72. The lowest BCUT2D eigenvalue weighted by molar-refractivity contribution is 0.0944. The Morgan fingerprint density at radius 3 is 1.84 bits per heavy atom. The molecule has 4 rings (SSSR count). The highest BCUT2D eigenvalue weighted by atomic mass is 19.2. The number of carbonyl (C=O) groups is 2. The first-order valence-corrected chi connectivity index (χ1v) is 12.6. The molecule has 4 aromatic rings. The lowest BCUT2D eigenvalue weighted by Crippen LogP contribution is -2.26. The van der Waals surface area contributed by atoms with Crippen LogP contribution in [0.1, 0.15) is 29.9 Å². The second kappa shape index (κ2) is 12.9. The average Bonchev–Trinajstić information content (AvgIpc) is 3.01. The van der Waals surface area contributed by atoms with Crippen LogP contribution < -0.4 is 20.7 Å². The fraction of sp³-hybridized carbons (Fsp3) is 0.179. The van der Waals surface area contributed by atoms with Crippen molar-refractivity contribution in [2.45, 2.75) is 20.4 Å². The van der Waals surface area contributed by atoms with Crippen molar-refractivity contribution >= 4 is 34.2 Å². The van der Waals surface area contributed by atoms with Crippen LogP contribution in [0.25, 0.3) is 10.9 Å². The van der Waals surface area contributed by atoms with Gasteiger partial charge in [-0.05, 0) is 18.1 Å². The van der Waals surface area contributed by atoms with Crippen LogP contribution in [-0.4, -0.2) is 23.5 Å². The van der Waals surface area contributed by atoms with Gasteiger partial charge in [-0.2, -0.15) is 0 Å². The molecule has 238 valence electrons. The number of ether oxygens (including phenoxy) is 1. The number of urea groups is 1. The Bertz CT molecular complexity index is 1790. The standard InChI is InChI=1S/C28H18F10N4O3/c1-9(2)8-45-14-6-13(27(43)39-7-11-15(29)17(31)19(33)18(32)16(11)30)40-25-10(14)4-3-5-12(25)41-28(44)42-26-23(37)21(35)20(34)22(36)24(26)38/h3-6,9H,7-8H2,1-2H3,(H,39,43)(H2,41,42,44). The molecular formula is C28H18F10N4O3. The van der Waals surface area contributed by atoms with E-state index in [1.165, 1.54) is 23.5 Å². The number of para-hydroxylation sites is 1. The molecule has 0 saturated carbocycles. The first kappa shape index (κ1) is 32.8. The summed E-state index contributed by atoms with van der Waals surface area (Å²) < 4.78 is 143. The van der Waals surface area contributed by atoms with Crippen molar-refractivity contribution in [2.24, 2.45) is 5.92 Å². The first-order valence-electron chi connectivity index (χ1n) is 12.6. The van der Waals surface area contributed by atoms with Gasteiger partial charge < -0.3 is 20.7 Å². The molecule has 0 atom stereocenters. The second-order valence-electron chi connectivity index (χ2n) is 9.67. The number of nitrogens with zero attached hydrogens (tertiary/aromatic N) is 1. The average molecular weight is 648 g/mol. The number of aromatic nitrogens is 1. The van der Waals surface area contributed by atoms with E-state index < -0.39 is 93.6 Å². The van der Waals surface area contributed by atoms with Crippen LogP contribution in [0.4, 0.5) is 60.1 Å². The van der Waals surface area contributed by atoms with Gasteiger partial charge in [0.05, 0.1) is 17.8 Å². The smallest absolute Gasteiger partial charge is 0.323 e. The summed E-state index contributed by atoms with van der Waals surface area (Å²) in [5.74, 6) is -24.2. The van der Waals surface area contributed by atoms with E-state index in [0.29, 0.717) is 0 Å². The molecule has 45 heavy (non-hydrogen) atoms. The molecule has 7 nitrogen and oxygen atoms in total. The number of carbonyl (C=O) groups excluding carboxylic acids is 2. The maximum atomic E-state index is 14.1. The predicted octanol–water partition coefficient (Wildman–Crippen LogP) is 7.23. The monoisotopic (exact) mass is 648 g/mol. The lowest BCUT2D eigenvalue weighted by Gasteiger charge is -2.16. The summed E-state index contributed by atoms with van der Waals surface area (Å²) in [6.45, 7) is 2.45. The van der Waals surface area contributed by atoms with E-state index in [1.54, 1.807) is 13.8 Å². The molecule has 3 aromatic carbocycles. The molecule has 0 unspecified atom stereocenters. The Kier molecular flexibility index (Phi) is 9.39. The van der Waals surface area contributed by atoms with E-state index in [4.69, 9.17) is 4.74 Å². The number of nitrogens with one attached hydrogen (secondary N) is 3. The molecule has 0 fully saturated rings. The fourth-order valence-electron chi connectivity index (χ4n) is 3.86. The number of halogens is 10. The molecule has 0 saturated heterocycles. The third-order valence-corrected chi connectivity index (χ3v) is 6.03. The van der Waals surface area contributed by atoms with Crippen LogP contribution in [0.5, 0.6) is 5.75 Å². The molecule has 1 heterocycles. The van der Waals surface area contributed by atoms with Gasteiger partial charge in [0.2, 0.25) is 11.6 Å². The van der Waals surface area contributed by atoms with Crippen molar-refractivity contribution < 1.29 is 58.2 Å². The van der Waals surface area contributed by atoms with Crippen molar-refractivity contribution in [3.05, 3.63) is 93.7 Å². The molecular weight excluding hydrogens is 630 g/mol. The minimum Gasteiger partial charge on any atom is -0.493 e. The van der Waals surface area contributed by atoms with E-state index in [2.05, 4.69) is 10.3 Å². The molecule has 0 aliphatic rings. The number of fused-ring (bicyclic) bond motifs is 1. The number of hydrogen-bond donors (Lipinski definition) is 3. The third kappa shape index (κ3) is 6.41. The van der Waals surface area contributed by atoms with Crippen LogP contribution in [0.2, 0.25) is 0 Å². The zero-order valence-electron chi connectivity index (χ0n) is 22.8. The summed E-state index contributed by atoms with van der Waals surface area (Å²) in [7, 11) is 0. The van der Waals surface area contributed by atoms with Gasteiger partial charge in [0.15, 0.2) is 46.5 Å². The maximum Gasteiger partial charge on any atom is 0.323 e. The molecule has 0 radical (unpaired) electrons. The topological polar surface area (TPSA) is 92.3 Å². The highest BCUT2D eigenvalue weighted by Crippen LogP contribution is 2.32. The Hall–Kier alpha value is -5.09. The molecule has 0 aliphatic heterocycles. The molecule has 1 aromatic heterocycles. The summed E-state index contributed by atoms with van der Waals surface area (Å²) >= 11 is 0. The summed E-state index contributed by atoms with van der Waals surface area (Å²) in [4.78, 5) is 29.6. The van der Waals surface area contributed by atoms with E-state index >= 15 is 0 Å². The summed E-state index contributed by atoms with van der Waals surface area (Å²) in [5.41, 5.74) is -4.06. The van der Waals surface area contributed by atoms with Gasteiger partial charge in [-0.1, -0.05) is 19.9 Å². The number of pyridine rings is 1. The Morgan fingerprint density at radius 2 is 1.29 bits per heavy atom. The quantitative estimate of drug-likeness (QED) is 0.107. The molecule has 3 N–H and O–H groups in total. The second-order valence-corrected chi connectivity index (χ2v) is 9.67. The molecule has 0 aliphatic carbocycles. The lowest BCUT2D eigenvalue weighted by atomic mass is 10.1. The van der Waals surface area contributed by atoms with Crippen molar-refractivity contribution in [3.8, 4) is 5.75 Å². The minimum absolute atomic E-state index is 0.0288. The minimum atomic E-state index is -2.45. The number of rotatable bonds is 8. The van der Waals surface area contributed by atoms with Crippen LogP contribution in [-0.2, 0) is 6.54 Å². The molecule has 17 heteroatoms. The fourth-order valence-corrected chi connectivity index (χ4v) is 3.86. The first-order chi connectivity index (χ1) is 21.1. The van der Waals surface area contributed by atoms with Crippen molar-refractivity contribution in [1.82, 2.24) is 10.3 Å². The van der Waals surface area contributed by atoms with Gasteiger partial charge in [0.1, 0.15) is 17.1 Å². The number of benzene rings is 3. The van der Waals surface area contributed by atoms with Gasteiger partial charge in [0.25, 0.3) is 5.91 Å². The predicted molar refractivity (Wildman–Crippen MR) is 138 cm³/mol. The van der Waals surface area contributed by atoms with E-state index in [9.17, 15) is 53.5 Å². The highest BCUT2D eigenvalue weighted by Gasteiger charge is 2.28. The van der Waals surface area contributed by atoms with Gasteiger partial charge in [0, 0.05) is 23.6 Å². The SMILES string of the molecule is CC(C)COc1cc(C(=O)NCc2c(F)c(F)c(F)c(F)c2F)nc2c(NC(=O)Nc3c(F)c(F)c(F)c(F)c3F)cccc12. The normalized spacial score (nSPS) is 11.2. The number of anilines is 2. The Morgan fingerprint density at radius 1 is 0.756 bits per heavy atom. The van der Waals surface area contributed by atoms with Crippen molar-refractivity contribution in [1.29, 1.82) is 0 Å². The summed E-state index contributed by atoms with van der Waals surface area (Å²) in [6.07, 6.45) is 0. The van der Waals surface area contributed by atoms with Crippen LogP contribution >= 0.6 is 0 Å². The number of hydrogen-bond acceptors (Lipinski definition) is 4. The number of amides is 3. The largest absolute Gasteiger partial charge is 0.493 e. The van der Waals surface area contributed by atoms with Gasteiger partial charge >= 0.3 is 6.03 Å². The summed E-state index contributed by atoms with van der Waals surface area (Å²) in [6, 6.07) is 3.52. The van der Waals surface area contributed by atoms with Crippen LogP contribution in [0.15, 0.2) is 24.3 Å². The Labute approximate surface area is 246 Å². The zero-order chi connectivity index (χ0) is 33.3. The van der Waals surface area contributed by atoms with Gasteiger partial charge in [-0.25, -0.2) is 53.7 Å². The van der Waals surface area contributed by atoms with Gasteiger partial charge in [-0.15, -0.1) is 0 Å². The zero-order valence-corrected chi connectivity index (χ0v) is 22.8. The maximum absolute atomic E-state index is 14.1. The van der Waals surface area contributed by atoms with E-state index in [0.717, 1.165) is 6.07 Å². The van der Waals surface area contributed by atoms with Crippen LogP contribution in [0, 0.1) is 64.1 Å². The molecule has 0 spiro atoms. The Balaban J connectivity index is 1.70. The van der Waals surface area contributed by atoms with Crippen LogP contribution in [0.3, 0.4) is 0 Å². The van der Waals surface area contributed by atoms with E-state index in [-0.39, 0.29) is 34.9 Å². The van der Waals surface area contributed by atoms with Crippen molar-refractivity contribution in [3.63, 3.8) is 0 Å². The molecule has 3 amide bonds.